The van der Waals surface area contributed by atoms with Crippen LogP contribution >= 0.6 is 0 Å². The Morgan fingerprint density at radius 3 is 2.59 bits per heavy atom. The summed E-state index contributed by atoms with van der Waals surface area (Å²) in [6.07, 6.45) is 3.57. The summed E-state index contributed by atoms with van der Waals surface area (Å²) in [7, 11) is 0. The highest BCUT2D eigenvalue weighted by molar-refractivity contribution is 5.99. The van der Waals surface area contributed by atoms with Crippen molar-refractivity contribution in [2.45, 2.75) is 0 Å². The number of aliphatic hydroxyl groups is 1. The number of piperazine rings is 1. The van der Waals surface area contributed by atoms with E-state index in [0.717, 1.165) is 43.6 Å². The zero-order valence-corrected chi connectivity index (χ0v) is 21.0. The molecule has 0 atom stereocenters. The smallest absolute Gasteiger partial charge is 0.283 e. The van der Waals surface area contributed by atoms with Gasteiger partial charge in [0.05, 0.1) is 18.0 Å². The van der Waals surface area contributed by atoms with Crippen LogP contribution < -0.4 is 21.1 Å². The summed E-state index contributed by atoms with van der Waals surface area (Å²) in [5.74, 6) is -1.07. The Hall–Kier alpha value is -4.68. The molecule has 1 amide bonds. The van der Waals surface area contributed by atoms with Crippen LogP contribution in [-0.4, -0.2) is 74.8 Å². The van der Waals surface area contributed by atoms with Gasteiger partial charge in [0.25, 0.3) is 5.56 Å². The number of aliphatic hydroxyl groups excluding tert-OH is 1. The number of fused-ring (bicyclic) bond motifs is 1. The van der Waals surface area contributed by atoms with E-state index in [-0.39, 0.29) is 35.0 Å². The molecule has 0 spiro atoms. The fraction of sp³-hybridized carbons (Fsp3) is 0.222. The van der Waals surface area contributed by atoms with Gasteiger partial charge in [0.15, 0.2) is 11.5 Å². The van der Waals surface area contributed by atoms with E-state index in [9.17, 15) is 9.59 Å². The van der Waals surface area contributed by atoms with Crippen LogP contribution in [0.2, 0.25) is 0 Å². The molecule has 2 aromatic carbocycles. The molecule has 12 heteroatoms. The molecule has 200 valence electrons. The summed E-state index contributed by atoms with van der Waals surface area (Å²) in [4.78, 5) is 41.2. The molecular weight excluding hydrogens is 503 g/mol. The molecule has 3 N–H and O–H groups in total. The maximum absolute atomic E-state index is 15.3. The summed E-state index contributed by atoms with van der Waals surface area (Å²) in [6, 6.07) is 12.3. The van der Waals surface area contributed by atoms with Crippen molar-refractivity contribution in [3.63, 3.8) is 0 Å². The SMILES string of the molecule is C=CC(=O)Nc1cccc(-n2cnc(=O)c3cnc(Nc4ccc(N5CCN(CCO)CC5)cc4)nc32)c1F. The number of hydrogen-bond donors (Lipinski definition) is 3. The minimum Gasteiger partial charge on any atom is -0.395 e. The van der Waals surface area contributed by atoms with Crippen LogP contribution in [-0.2, 0) is 4.79 Å². The minimum atomic E-state index is -0.722. The van der Waals surface area contributed by atoms with Crippen molar-refractivity contribution in [3.05, 3.63) is 83.8 Å². The van der Waals surface area contributed by atoms with Crippen LogP contribution in [0.3, 0.4) is 0 Å². The summed E-state index contributed by atoms with van der Waals surface area (Å²) in [5, 5.41) is 14.8. The Bertz CT molecular complexity index is 1570. The number of benzene rings is 2. The van der Waals surface area contributed by atoms with Crippen molar-refractivity contribution >= 4 is 40.0 Å². The van der Waals surface area contributed by atoms with Gasteiger partial charge in [-0.2, -0.15) is 9.97 Å². The van der Waals surface area contributed by atoms with Crippen molar-refractivity contribution in [3.8, 4) is 5.69 Å². The molecule has 4 aromatic rings. The zero-order valence-electron chi connectivity index (χ0n) is 21.0. The first-order valence-electron chi connectivity index (χ1n) is 12.4. The number of anilines is 4. The summed E-state index contributed by atoms with van der Waals surface area (Å²) >= 11 is 0. The van der Waals surface area contributed by atoms with E-state index in [0.29, 0.717) is 6.54 Å². The second-order valence-corrected chi connectivity index (χ2v) is 8.91. The summed E-state index contributed by atoms with van der Waals surface area (Å²) < 4.78 is 16.7. The van der Waals surface area contributed by atoms with E-state index in [1.165, 1.54) is 29.2 Å². The Balaban J connectivity index is 1.40. The highest BCUT2D eigenvalue weighted by atomic mass is 19.1. The lowest BCUT2D eigenvalue weighted by Gasteiger charge is -2.35. The molecule has 1 fully saturated rings. The molecule has 3 heterocycles. The van der Waals surface area contributed by atoms with Crippen LogP contribution in [0, 0.1) is 5.82 Å². The average Bonchev–Trinajstić information content (AvgIpc) is 2.96. The van der Waals surface area contributed by atoms with Crippen LogP contribution in [0.5, 0.6) is 0 Å². The van der Waals surface area contributed by atoms with Crippen molar-refractivity contribution in [1.29, 1.82) is 0 Å². The van der Waals surface area contributed by atoms with Gasteiger partial charge in [-0.05, 0) is 42.5 Å². The summed E-state index contributed by atoms with van der Waals surface area (Å²) in [5.41, 5.74) is 1.42. The number of amides is 1. The lowest BCUT2D eigenvalue weighted by Crippen LogP contribution is -2.47. The Kier molecular flexibility index (Phi) is 7.57. The molecule has 0 bridgehead atoms. The van der Waals surface area contributed by atoms with Crippen LogP contribution in [0.1, 0.15) is 0 Å². The molecule has 1 aliphatic rings. The maximum Gasteiger partial charge on any atom is 0.283 e. The molecule has 1 aliphatic heterocycles. The number of carbonyl (C=O) groups is 1. The van der Waals surface area contributed by atoms with Gasteiger partial charge >= 0.3 is 0 Å². The first kappa shape index (κ1) is 25.9. The Morgan fingerprint density at radius 2 is 1.87 bits per heavy atom. The van der Waals surface area contributed by atoms with Gasteiger partial charge in [-0.3, -0.25) is 19.1 Å². The van der Waals surface area contributed by atoms with E-state index >= 15 is 4.39 Å². The highest BCUT2D eigenvalue weighted by Crippen LogP contribution is 2.25. The molecule has 39 heavy (non-hydrogen) atoms. The van der Waals surface area contributed by atoms with E-state index in [1.54, 1.807) is 6.07 Å². The molecule has 11 nitrogen and oxygen atoms in total. The first-order valence-corrected chi connectivity index (χ1v) is 12.4. The monoisotopic (exact) mass is 530 g/mol. The molecule has 0 radical (unpaired) electrons. The van der Waals surface area contributed by atoms with Crippen LogP contribution in [0.4, 0.5) is 27.4 Å². The number of nitrogens with one attached hydrogen (secondary N) is 2. The number of aromatic nitrogens is 4. The number of β-amino-alcohol motifs (C(OH)–C–C–N with tert-alkyl or cyclic N) is 1. The third-order valence-corrected chi connectivity index (χ3v) is 6.48. The lowest BCUT2D eigenvalue weighted by molar-refractivity contribution is -0.111. The quantitative estimate of drug-likeness (QED) is 0.294. The molecule has 1 saturated heterocycles. The normalized spacial score (nSPS) is 13.8. The molecule has 0 unspecified atom stereocenters. The average molecular weight is 531 g/mol. The van der Waals surface area contributed by atoms with E-state index < -0.39 is 17.3 Å². The third-order valence-electron chi connectivity index (χ3n) is 6.48. The van der Waals surface area contributed by atoms with E-state index in [2.05, 4.69) is 42.0 Å². The fourth-order valence-corrected chi connectivity index (χ4v) is 4.42. The molecule has 0 saturated carbocycles. The summed E-state index contributed by atoms with van der Waals surface area (Å²) in [6.45, 7) is 7.78. The standard InChI is InChI=1S/C27H27FN8O3/c1-2-23(38)32-21-4-3-5-22(24(21)28)36-17-30-26(39)20-16-29-27(33-25(20)36)31-18-6-8-19(9-7-18)35-12-10-34(11-13-35)14-15-37/h2-9,16-17,37H,1,10-15H2,(H,32,38)(H,29,31,33). The van der Waals surface area contributed by atoms with Crippen molar-refractivity contribution in [2.75, 3.05) is 54.9 Å². The van der Waals surface area contributed by atoms with Crippen LogP contribution in [0.15, 0.2) is 72.4 Å². The van der Waals surface area contributed by atoms with Crippen molar-refractivity contribution in [1.82, 2.24) is 24.4 Å². The third kappa shape index (κ3) is 5.61. The second-order valence-electron chi connectivity index (χ2n) is 8.91. The largest absolute Gasteiger partial charge is 0.395 e. The second kappa shape index (κ2) is 11.4. The highest BCUT2D eigenvalue weighted by Gasteiger charge is 2.18. The van der Waals surface area contributed by atoms with E-state index in [4.69, 9.17) is 5.11 Å². The van der Waals surface area contributed by atoms with Gasteiger partial charge in [-0.15, -0.1) is 0 Å². The van der Waals surface area contributed by atoms with Gasteiger partial charge in [0, 0.05) is 50.3 Å². The predicted octanol–water partition coefficient (Wildman–Crippen LogP) is 2.30. The van der Waals surface area contributed by atoms with E-state index in [1.807, 2.05) is 24.3 Å². The predicted molar refractivity (Wildman–Crippen MR) is 147 cm³/mol. The Labute approximate surface area is 223 Å². The zero-order chi connectivity index (χ0) is 27.4. The van der Waals surface area contributed by atoms with Gasteiger partial charge in [0.2, 0.25) is 11.9 Å². The number of rotatable bonds is 8. The Morgan fingerprint density at radius 1 is 1.10 bits per heavy atom. The minimum absolute atomic E-state index is 0.0439. The molecule has 2 aromatic heterocycles. The topological polar surface area (TPSA) is 129 Å². The number of nitrogens with zero attached hydrogens (tertiary/aromatic N) is 6. The van der Waals surface area contributed by atoms with Gasteiger partial charge in [-0.25, -0.2) is 9.37 Å². The van der Waals surface area contributed by atoms with Gasteiger partial charge in [0.1, 0.15) is 11.7 Å². The lowest BCUT2D eigenvalue weighted by atomic mass is 10.2. The number of carbonyl (C=O) groups excluding carboxylic acids is 1. The van der Waals surface area contributed by atoms with Gasteiger partial charge < -0.3 is 20.6 Å². The first-order chi connectivity index (χ1) is 19.0. The van der Waals surface area contributed by atoms with Crippen molar-refractivity contribution in [2.24, 2.45) is 0 Å². The maximum atomic E-state index is 15.3. The van der Waals surface area contributed by atoms with Crippen LogP contribution in [0.25, 0.3) is 16.7 Å². The fourth-order valence-electron chi connectivity index (χ4n) is 4.42. The number of hydrogen-bond acceptors (Lipinski definition) is 9. The van der Waals surface area contributed by atoms with Crippen molar-refractivity contribution < 1.29 is 14.3 Å². The van der Waals surface area contributed by atoms with Gasteiger partial charge in [-0.1, -0.05) is 12.6 Å². The molecule has 0 aliphatic carbocycles. The molecular formula is C27H27FN8O3. The molecule has 5 rings (SSSR count). The number of halogens is 1.